The monoisotopic (exact) mass is 276 g/mol. The lowest BCUT2D eigenvalue weighted by molar-refractivity contribution is 0.251. The third-order valence-electron chi connectivity index (χ3n) is 3.90. The standard InChI is InChI=1S/C13H28N2O2S/c1-4-6-11-18(16,17)15(3)13-9-7-12(8-10-13)14-5-2/h12-14H,4-11H2,1-3H3. The van der Waals surface area contributed by atoms with E-state index >= 15 is 0 Å². The molecule has 1 N–H and O–H groups in total. The van der Waals surface area contributed by atoms with Crippen LogP contribution in [0.15, 0.2) is 0 Å². The van der Waals surface area contributed by atoms with Crippen LogP contribution in [-0.4, -0.2) is 44.2 Å². The Morgan fingerprint density at radius 3 is 2.28 bits per heavy atom. The second-order valence-electron chi connectivity index (χ2n) is 5.25. The Bertz CT molecular complexity index is 322. The second kappa shape index (κ2) is 7.46. The van der Waals surface area contributed by atoms with Gasteiger partial charge in [0.1, 0.15) is 0 Å². The van der Waals surface area contributed by atoms with Crippen LogP contribution in [0.4, 0.5) is 0 Å². The quantitative estimate of drug-likeness (QED) is 0.773. The molecule has 4 nitrogen and oxygen atoms in total. The van der Waals surface area contributed by atoms with Gasteiger partial charge < -0.3 is 5.32 Å². The number of sulfonamides is 1. The minimum absolute atomic E-state index is 0.210. The van der Waals surface area contributed by atoms with Crippen molar-refractivity contribution in [3.8, 4) is 0 Å². The van der Waals surface area contributed by atoms with Gasteiger partial charge in [-0.05, 0) is 38.6 Å². The zero-order valence-corrected chi connectivity index (χ0v) is 12.8. The van der Waals surface area contributed by atoms with E-state index in [1.165, 1.54) is 0 Å². The predicted octanol–water partition coefficient (Wildman–Crippen LogP) is 1.97. The van der Waals surface area contributed by atoms with Crippen LogP contribution in [0.1, 0.15) is 52.4 Å². The van der Waals surface area contributed by atoms with E-state index in [4.69, 9.17) is 0 Å². The SMILES string of the molecule is CCCCS(=O)(=O)N(C)C1CCC(NCC)CC1. The zero-order chi connectivity index (χ0) is 13.6. The van der Waals surface area contributed by atoms with Gasteiger partial charge >= 0.3 is 0 Å². The van der Waals surface area contributed by atoms with Crippen molar-refractivity contribution in [3.63, 3.8) is 0 Å². The maximum atomic E-state index is 12.1. The van der Waals surface area contributed by atoms with Gasteiger partial charge in [0.15, 0.2) is 0 Å². The first-order valence-electron chi connectivity index (χ1n) is 7.20. The normalized spacial score (nSPS) is 25.6. The van der Waals surface area contributed by atoms with Crippen molar-refractivity contribution in [1.29, 1.82) is 0 Å². The predicted molar refractivity (Wildman–Crippen MR) is 76.2 cm³/mol. The summed E-state index contributed by atoms with van der Waals surface area (Å²) in [5, 5.41) is 3.45. The summed E-state index contributed by atoms with van der Waals surface area (Å²) in [5.41, 5.74) is 0. The number of unbranched alkanes of at least 4 members (excludes halogenated alkanes) is 1. The Hall–Kier alpha value is -0.130. The highest BCUT2D eigenvalue weighted by atomic mass is 32.2. The molecule has 0 aromatic rings. The topological polar surface area (TPSA) is 49.4 Å². The summed E-state index contributed by atoms with van der Waals surface area (Å²) in [7, 11) is -1.29. The fraction of sp³-hybridized carbons (Fsp3) is 1.00. The van der Waals surface area contributed by atoms with Crippen molar-refractivity contribution < 1.29 is 8.42 Å². The molecule has 1 saturated carbocycles. The molecule has 0 radical (unpaired) electrons. The third kappa shape index (κ3) is 4.52. The van der Waals surface area contributed by atoms with Gasteiger partial charge in [-0.2, -0.15) is 0 Å². The van der Waals surface area contributed by atoms with E-state index < -0.39 is 10.0 Å². The molecule has 108 valence electrons. The van der Waals surface area contributed by atoms with Gasteiger partial charge in [-0.3, -0.25) is 0 Å². The van der Waals surface area contributed by atoms with Crippen LogP contribution in [-0.2, 0) is 10.0 Å². The summed E-state index contributed by atoms with van der Waals surface area (Å²) in [5.74, 6) is 0.299. The molecule has 5 heteroatoms. The second-order valence-corrected chi connectivity index (χ2v) is 7.40. The summed E-state index contributed by atoms with van der Waals surface area (Å²) in [6.45, 7) is 5.14. The number of hydrogen-bond acceptors (Lipinski definition) is 3. The molecule has 0 amide bonds. The lowest BCUT2D eigenvalue weighted by atomic mass is 9.91. The van der Waals surface area contributed by atoms with Crippen LogP contribution in [0.5, 0.6) is 0 Å². The van der Waals surface area contributed by atoms with E-state index in [1.807, 2.05) is 6.92 Å². The third-order valence-corrected chi connectivity index (χ3v) is 5.88. The van der Waals surface area contributed by atoms with E-state index in [2.05, 4.69) is 12.2 Å². The van der Waals surface area contributed by atoms with Gasteiger partial charge in [0.25, 0.3) is 0 Å². The van der Waals surface area contributed by atoms with E-state index in [-0.39, 0.29) is 6.04 Å². The fourth-order valence-electron chi connectivity index (χ4n) is 2.63. The number of nitrogens with one attached hydrogen (secondary N) is 1. The molecule has 0 aliphatic heterocycles. The lowest BCUT2D eigenvalue weighted by Crippen LogP contribution is -2.43. The smallest absolute Gasteiger partial charge is 0.214 e. The highest BCUT2D eigenvalue weighted by Crippen LogP contribution is 2.24. The Balaban J connectivity index is 2.46. The molecule has 1 aliphatic carbocycles. The van der Waals surface area contributed by atoms with Crippen molar-refractivity contribution in [1.82, 2.24) is 9.62 Å². The minimum atomic E-state index is -3.04. The van der Waals surface area contributed by atoms with Crippen molar-refractivity contribution in [2.45, 2.75) is 64.5 Å². The summed E-state index contributed by atoms with van der Waals surface area (Å²) in [6.07, 6.45) is 5.84. The van der Waals surface area contributed by atoms with Crippen LogP contribution < -0.4 is 5.32 Å². The van der Waals surface area contributed by atoms with Crippen molar-refractivity contribution >= 4 is 10.0 Å². The van der Waals surface area contributed by atoms with Crippen LogP contribution in [0.25, 0.3) is 0 Å². The van der Waals surface area contributed by atoms with Crippen molar-refractivity contribution in [2.75, 3.05) is 19.3 Å². The average Bonchev–Trinajstić information content (AvgIpc) is 2.37. The van der Waals surface area contributed by atoms with Gasteiger partial charge in [-0.15, -0.1) is 0 Å². The number of rotatable bonds is 7. The van der Waals surface area contributed by atoms with E-state index in [0.29, 0.717) is 11.8 Å². The van der Waals surface area contributed by atoms with Crippen LogP contribution in [0.3, 0.4) is 0 Å². The van der Waals surface area contributed by atoms with E-state index in [1.54, 1.807) is 11.4 Å². The lowest BCUT2D eigenvalue weighted by Gasteiger charge is -2.34. The molecule has 0 unspecified atom stereocenters. The molecule has 0 heterocycles. The highest BCUT2D eigenvalue weighted by Gasteiger charge is 2.29. The van der Waals surface area contributed by atoms with Crippen molar-refractivity contribution in [3.05, 3.63) is 0 Å². The number of nitrogens with zero attached hydrogens (tertiary/aromatic N) is 1. The molecule has 1 fully saturated rings. The summed E-state index contributed by atoms with van der Waals surface area (Å²) in [4.78, 5) is 0. The van der Waals surface area contributed by atoms with Gasteiger partial charge in [0.2, 0.25) is 10.0 Å². The van der Waals surface area contributed by atoms with Crippen LogP contribution in [0, 0.1) is 0 Å². The van der Waals surface area contributed by atoms with Crippen LogP contribution in [0.2, 0.25) is 0 Å². The van der Waals surface area contributed by atoms with Gasteiger partial charge in [0, 0.05) is 19.1 Å². The molecule has 0 atom stereocenters. The Labute approximate surface area is 112 Å². The number of hydrogen-bond donors (Lipinski definition) is 1. The maximum Gasteiger partial charge on any atom is 0.214 e. The molecular weight excluding hydrogens is 248 g/mol. The first kappa shape index (κ1) is 15.9. The van der Waals surface area contributed by atoms with Gasteiger partial charge in [0.05, 0.1) is 5.75 Å². The molecule has 0 spiro atoms. The molecule has 1 rings (SSSR count). The maximum absolute atomic E-state index is 12.1. The summed E-state index contributed by atoms with van der Waals surface area (Å²) < 4.78 is 25.8. The average molecular weight is 276 g/mol. The zero-order valence-electron chi connectivity index (χ0n) is 12.0. The summed E-state index contributed by atoms with van der Waals surface area (Å²) >= 11 is 0. The molecule has 0 bridgehead atoms. The Kier molecular flexibility index (Phi) is 6.60. The Morgan fingerprint density at radius 1 is 1.17 bits per heavy atom. The molecule has 1 aliphatic rings. The van der Waals surface area contributed by atoms with Crippen molar-refractivity contribution in [2.24, 2.45) is 0 Å². The van der Waals surface area contributed by atoms with E-state index in [0.717, 1.165) is 45.1 Å². The first-order valence-corrected chi connectivity index (χ1v) is 8.81. The molecule has 0 aromatic carbocycles. The summed E-state index contributed by atoms with van der Waals surface area (Å²) in [6, 6.07) is 0.791. The molecule has 0 aromatic heterocycles. The first-order chi connectivity index (χ1) is 8.51. The molecule has 0 saturated heterocycles. The van der Waals surface area contributed by atoms with E-state index in [9.17, 15) is 8.42 Å². The van der Waals surface area contributed by atoms with Gasteiger partial charge in [-0.1, -0.05) is 20.3 Å². The Morgan fingerprint density at radius 2 is 1.78 bits per heavy atom. The van der Waals surface area contributed by atoms with Crippen LogP contribution >= 0.6 is 0 Å². The fourth-order valence-corrected chi connectivity index (χ4v) is 4.24. The largest absolute Gasteiger partial charge is 0.314 e. The van der Waals surface area contributed by atoms with Gasteiger partial charge in [-0.25, -0.2) is 12.7 Å². The molecular formula is C13H28N2O2S. The highest BCUT2D eigenvalue weighted by molar-refractivity contribution is 7.89. The molecule has 18 heavy (non-hydrogen) atoms. The minimum Gasteiger partial charge on any atom is -0.314 e.